The van der Waals surface area contributed by atoms with Crippen molar-refractivity contribution in [2.45, 2.75) is 45.6 Å². The molecule has 0 spiro atoms. The van der Waals surface area contributed by atoms with Crippen LogP contribution in [0.2, 0.25) is 0 Å². The number of rotatable bonds is 5. The fourth-order valence-corrected chi connectivity index (χ4v) is 2.80. The molecule has 2 rings (SSSR count). The second-order valence-electron chi connectivity index (χ2n) is 7.25. The lowest BCUT2D eigenvalue weighted by molar-refractivity contribution is -0.121. The summed E-state index contributed by atoms with van der Waals surface area (Å²) in [7, 11) is 0. The Hall–Kier alpha value is -1.51. The van der Waals surface area contributed by atoms with Gasteiger partial charge in [0.2, 0.25) is 5.91 Å². The molecule has 1 unspecified atom stereocenters. The van der Waals surface area contributed by atoms with Gasteiger partial charge in [-0.15, -0.1) is 24.0 Å². The molecule has 1 aliphatic rings. The molecule has 3 N–H and O–H groups in total. The van der Waals surface area contributed by atoms with Crippen LogP contribution in [0.5, 0.6) is 5.75 Å². The highest BCUT2D eigenvalue weighted by molar-refractivity contribution is 14.0. The van der Waals surface area contributed by atoms with Gasteiger partial charge in [0.25, 0.3) is 0 Å². The minimum absolute atomic E-state index is 0. The molecule has 1 atom stereocenters. The molecule has 1 heterocycles. The molecular weight excluding hydrogens is 443 g/mol. The van der Waals surface area contributed by atoms with Crippen molar-refractivity contribution in [2.24, 2.45) is 4.99 Å². The molecule has 1 aliphatic heterocycles. The quantitative estimate of drug-likeness (QED) is 0.349. The molecule has 1 aromatic carbocycles. The number of aliphatic imine (C=N–C) groups is 1. The van der Waals surface area contributed by atoms with Crippen LogP contribution >= 0.6 is 24.0 Å². The van der Waals surface area contributed by atoms with E-state index in [2.05, 4.69) is 27.0 Å². The van der Waals surface area contributed by atoms with Crippen molar-refractivity contribution in [3.63, 3.8) is 0 Å². The summed E-state index contributed by atoms with van der Waals surface area (Å²) in [5.74, 6) is 1.92. The first-order chi connectivity index (χ1) is 11.9. The first-order valence-corrected chi connectivity index (χ1v) is 8.94. The predicted octanol–water partition coefficient (Wildman–Crippen LogP) is 2.64. The number of amides is 1. The molecule has 6 nitrogen and oxygen atoms in total. The summed E-state index contributed by atoms with van der Waals surface area (Å²) in [4.78, 5) is 16.3. The van der Waals surface area contributed by atoms with Gasteiger partial charge >= 0.3 is 0 Å². The van der Waals surface area contributed by atoms with Crippen LogP contribution in [0, 0.1) is 0 Å². The predicted molar refractivity (Wildman–Crippen MR) is 117 cm³/mol. The van der Waals surface area contributed by atoms with Crippen LogP contribution in [0.1, 0.15) is 45.6 Å². The minimum atomic E-state index is -0.246. The molecule has 1 amide bonds. The molecule has 0 fully saturated rings. The van der Waals surface area contributed by atoms with Gasteiger partial charge in [0.1, 0.15) is 12.3 Å². The van der Waals surface area contributed by atoms with Crippen molar-refractivity contribution in [2.75, 3.05) is 26.2 Å². The Balaban J connectivity index is 0.00000338. The lowest BCUT2D eigenvalue weighted by Gasteiger charge is -2.26. The molecule has 1 aromatic rings. The van der Waals surface area contributed by atoms with Gasteiger partial charge in [-0.25, -0.2) is 4.99 Å². The van der Waals surface area contributed by atoms with Crippen LogP contribution < -0.4 is 20.7 Å². The van der Waals surface area contributed by atoms with Crippen molar-refractivity contribution in [3.05, 3.63) is 29.8 Å². The van der Waals surface area contributed by atoms with Crippen molar-refractivity contribution in [1.29, 1.82) is 0 Å². The average Bonchev–Trinajstić information content (AvgIpc) is 2.56. The van der Waals surface area contributed by atoms with E-state index in [1.165, 1.54) is 5.56 Å². The van der Waals surface area contributed by atoms with E-state index in [0.29, 0.717) is 11.9 Å². The number of nitrogens with one attached hydrogen (secondary N) is 3. The van der Waals surface area contributed by atoms with Crippen molar-refractivity contribution in [3.8, 4) is 5.75 Å². The average molecular weight is 474 g/mol. The number of guanidine groups is 1. The number of hydrogen-bond acceptors (Lipinski definition) is 3. The van der Waals surface area contributed by atoms with E-state index in [0.717, 1.165) is 31.9 Å². The second-order valence-corrected chi connectivity index (χ2v) is 7.25. The Labute approximate surface area is 173 Å². The lowest BCUT2D eigenvalue weighted by Crippen LogP contribution is -2.43. The van der Waals surface area contributed by atoms with Gasteiger partial charge in [-0.3, -0.25) is 4.79 Å². The van der Waals surface area contributed by atoms with Crippen LogP contribution in [0.15, 0.2) is 29.3 Å². The smallest absolute Gasteiger partial charge is 0.242 e. The van der Waals surface area contributed by atoms with Gasteiger partial charge in [0, 0.05) is 24.5 Å². The maximum atomic E-state index is 11.9. The summed E-state index contributed by atoms with van der Waals surface area (Å²) < 4.78 is 5.71. The molecule has 0 aromatic heterocycles. The number of nitrogens with zero attached hydrogens (tertiary/aromatic N) is 1. The molecule has 0 bridgehead atoms. The van der Waals surface area contributed by atoms with Gasteiger partial charge in [-0.1, -0.05) is 18.2 Å². The number of carbonyl (C=O) groups is 1. The van der Waals surface area contributed by atoms with E-state index < -0.39 is 0 Å². The van der Waals surface area contributed by atoms with E-state index in [-0.39, 0.29) is 42.0 Å². The van der Waals surface area contributed by atoms with Crippen LogP contribution in [-0.2, 0) is 4.79 Å². The van der Waals surface area contributed by atoms with E-state index in [9.17, 15) is 4.79 Å². The highest BCUT2D eigenvalue weighted by Gasteiger charge is 2.21. The minimum Gasteiger partial charge on any atom is -0.493 e. The Morgan fingerprint density at radius 3 is 2.69 bits per heavy atom. The zero-order valence-electron chi connectivity index (χ0n) is 16.1. The van der Waals surface area contributed by atoms with Gasteiger partial charge in [0.15, 0.2) is 5.96 Å². The Bertz CT molecular complexity index is 614. The number of benzene rings is 1. The highest BCUT2D eigenvalue weighted by Crippen LogP contribution is 2.32. The molecular formula is C19H31IN4O2. The normalized spacial score (nSPS) is 16.6. The highest BCUT2D eigenvalue weighted by atomic mass is 127. The zero-order chi connectivity index (χ0) is 18.3. The van der Waals surface area contributed by atoms with Crippen LogP contribution in [-0.4, -0.2) is 43.6 Å². The van der Waals surface area contributed by atoms with E-state index in [1.54, 1.807) is 0 Å². The van der Waals surface area contributed by atoms with Crippen LogP contribution in [0.25, 0.3) is 0 Å². The molecule has 7 heteroatoms. The number of fused-ring (bicyclic) bond motifs is 1. The molecule has 0 radical (unpaired) electrons. The summed E-state index contributed by atoms with van der Waals surface area (Å²) in [6, 6.07) is 8.16. The van der Waals surface area contributed by atoms with Crippen molar-refractivity contribution in [1.82, 2.24) is 16.0 Å². The number of para-hydroxylation sites is 1. The zero-order valence-corrected chi connectivity index (χ0v) is 18.4. The standard InChI is InChI=1S/C19H30N4O2.HI/c1-5-20-18(22-13-17(24)23-19(2,3)4)21-12-14-10-11-25-16-9-7-6-8-15(14)16;/h6-9,14H,5,10-13H2,1-4H3,(H,23,24)(H2,20,21,22);1H. The fourth-order valence-electron chi connectivity index (χ4n) is 2.80. The van der Waals surface area contributed by atoms with Gasteiger partial charge in [0.05, 0.1) is 6.61 Å². The van der Waals surface area contributed by atoms with Gasteiger partial charge in [-0.05, 0) is 45.7 Å². The third kappa shape index (κ3) is 7.39. The second kappa shape index (κ2) is 10.6. The monoisotopic (exact) mass is 474 g/mol. The summed E-state index contributed by atoms with van der Waals surface area (Å²) in [6.07, 6.45) is 0.966. The molecule has 0 aliphatic carbocycles. The Morgan fingerprint density at radius 1 is 1.27 bits per heavy atom. The van der Waals surface area contributed by atoms with Crippen molar-refractivity contribution < 1.29 is 9.53 Å². The number of hydrogen-bond donors (Lipinski definition) is 3. The number of halogens is 1. The number of ether oxygens (including phenoxy) is 1. The van der Waals surface area contributed by atoms with Gasteiger partial charge in [-0.2, -0.15) is 0 Å². The summed E-state index contributed by atoms with van der Waals surface area (Å²) in [5.41, 5.74) is 0.979. The molecule has 0 saturated carbocycles. The maximum absolute atomic E-state index is 11.9. The fraction of sp³-hybridized carbons (Fsp3) is 0.579. The summed E-state index contributed by atoms with van der Waals surface area (Å²) >= 11 is 0. The van der Waals surface area contributed by atoms with E-state index in [4.69, 9.17) is 4.74 Å². The van der Waals surface area contributed by atoms with Crippen LogP contribution in [0.3, 0.4) is 0 Å². The van der Waals surface area contributed by atoms with Crippen LogP contribution in [0.4, 0.5) is 0 Å². The third-order valence-electron chi connectivity index (χ3n) is 3.84. The Kier molecular flexibility index (Phi) is 9.18. The van der Waals surface area contributed by atoms with E-state index in [1.807, 2.05) is 45.9 Å². The topological polar surface area (TPSA) is 74.8 Å². The third-order valence-corrected chi connectivity index (χ3v) is 3.84. The summed E-state index contributed by atoms with van der Waals surface area (Å²) in [5, 5.41) is 9.46. The SMILES string of the molecule is CCNC(=NCC(=O)NC(C)(C)C)NCC1CCOc2ccccc21.I. The van der Waals surface area contributed by atoms with E-state index >= 15 is 0 Å². The largest absolute Gasteiger partial charge is 0.493 e. The molecule has 146 valence electrons. The molecule has 0 saturated heterocycles. The first kappa shape index (κ1) is 22.5. The van der Waals surface area contributed by atoms with Gasteiger partial charge < -0.3 is 20.7 Å². The van der Waals surface area contributed by atoms with Crippen molar-refractivity contribution >= 4 is 35.8 Å². The maximum Gasteiger partial charge on any atom is 0.242 e. The Morgan fingerprint density at radius 2 is 2.00 bits per heavy atom. The number of carbonyl (C=O) groups excluding carboxylic acids is 1. The summed E-state index contributed by atoms with van der Waals surface area (Å²) in [6.45, 7) is 10.2. The lowest BCUT2D eigenvalue weighted by atomic mass is 9.93. The molecule has 26 heavy (non-hydrogen) atoms. The first-order valence-electron chi connectivity index (χ1n) is 8.94.